The van der Waals surface area contributed by atoms with Crippen LogP contribution in [0.1, 0.15) is 47.0 Å². The van der Waals surface area contributed by atoms with Crippen LogP contribution in [-0.4, -0.2) is 67.8 Å². The van der Waals surface area contributed by atoms with Crippen molar-refractivity contribution in [1.29, 1.82) is 0 Å². The molecular weight excluding hydrogens is 330 g/mol. The minimum Gasteiger partial charge on any atom is -0.463 e. The first kappa shape index (κ1) is 21.8. The Bertz CT molecular complexity index is 480. The second-order valence-electron chi connectivity index (χ2n) is 7.46. The molecule has 0 bridgehead atoms. The average molecular weight is 361 g/mol. The van der Waals surface area contributed by atoms with Crippen LogP contribution in [0.25, 0.3) is 0 Å². The first-order chi connectivity index (χ1) is 11.5. The van der Waals surface area contributed by atoms with Gasteiger partial charge in [-0.05, 0) is 26.2 Å². The van der Waals surface area contributed by atoms with E-state index in [1.54, 1.807) is 20.8 Å². The molecule has 0 aromatic carbocycles. The van der Waals surface area contributed by atoms with Gasteiger partial charge in [-0.3, -0.25) is 4.79 Å². The van der Waals surface area contributed by atoms with Crippen molar-refractivity contribution in [3.05, 3.63) is 0 Å². The van der Waals surface area contributed by atoms with Gasteiger partial charge >= 0.3 is 5.97 Å². The highest BCUT2D eigenvalue weighted by molar-refractivity contribution is 5.88. The maximum atomic E-state index is 11.9. The highest BCUT2D eigenvalue weighted by Gasteiger charge is 2.37. The number of aliphatic hydroxyl groups is 4. The van der Waals surface area contributed by atoms with E-state index in [-0.39, 0.29) is 25.2 Å². The number of esters is 1. The zero-order chi connectivity index (χ0) is 19.4. The molecule has 0 radical (unpaired) electrons. The van der Waals surface area contributed by atoms with Gasteiger partial charge in [-0.25, -0.2) is 0 Å². The molecular formula is C17H31NO7. The lowest BCUT2D eigenvalue weighted by Crippen LogP contribution is -2.46. The van der Waals surface area contributed by atoms with Gasteiger partial charge in [0.15, 0.2) is 0 Å². The summed E-state index contributed by atoms with van der Waals surface area (Å²) < 4.78 is 5.02. The van der Waals surface area contributed by atoms with E-state index >= 15 is 0 Å². The first-order valence-electron chi connectivity index (χ1n) is 8.66. The van der Waals surface area contributed by atoms with Gasteiger partial charge in [-0.15, -0.1) is 0 Å². The van der Waals surface area contributed by atoms with Crippen molar-refractivity contribution in [2.75, 3.05) is 6.61 Å². The molecule has 8 heteroatoms. The predicted molar refractivity (Wildman–Crippen MR) is 90.2 cm³/mol. The molecule has 0 aromatic heterocycles. The number of hydrogen-bond donors (Lipinski definition) is 5. The Kier molecular flexibility index (Phi) is 7.80. The van der Waals surface area contributed by atoms with Gasteiger partial charge in [0.2, 0.25) is 0 Å². The van der Waals surface area contributed by atoms with Crippen LogP contribution < -0.4 is 0 Å². The lowest BCUT2D eigenvalue weighted by molar-refractivity contribution is -0.154. The molecule has 1 aliphatic rings. The molecule has 1 saturated heterocycles. The molecule has 1 aliphatic heterocycles. The predicted octanol–water partition coefficient (Wildman–Crippen LogP) is 0.286. The summed E-state index contributed by atoms with van der Waals surface area (Å²) in [6.45, 7) is 6.03. The van der Waals surface area contributed by atoms with E-state index in [0.717, 1.165) is 0 Å². The van der Waals surface area contributed by atoms with Gasteiger partial charge in [-0.2, -0.15) is 0 Å². The van der Waals surface area contributed by atoms with Gasteiger partial charge in [0.25, 0.3) is 0 Å². The molecule has 0 amide bonds. The van der Waals surface area contributed by atoms with Gasteiger partial charge < -0.3 is 30.4 Å². The minimum atomic E-state index is -1.47. The van der Waals surface area contributed by atoms with Gasteiger partial charge in [0, 0.05) is 11.8 Å². The van der Waals surface area contributed by atoms with Gasteiger partial charge in [0.05, 0.1) is 29.4 Å². The van der Waals surface area contributed by atoms with Crippen molar-refractivity contribution >= 4 is 11.7 Å². The summed E-state index contributed by atoms with van der Waals surface area (Å²) in [6.07, 6.45) is -3.11. The Morgan fingerprint density at radius 1 is 1.12 bits per heavy atom. The summed E-state index contributed by atoms with van der Waals surface area (Å²) in [5.41, 5.74) is -1.28. The maximum absolute atomic E-state index is 11.9. The van der Waals surface area contributed by atoms with Crippen molar-refractivity contribution in [3.8, 4) is 0 Å². The number of rotatable bonds is 0. The molecule has 25 heavy (non-hydrogen) atoms. The zero-order valence-corrected chi connectivity index (χ0v) is 15.3. The summed E-state index contributed by atoms with van der Waals surface area (Å²) in [5.74, 6) is -2.24. The zero-order valence-electron chi connectivity index (χ0n) is 15.3. The van der Waals surface area contributed by atoms with Crippen LogP contribution in [0.2, 0.25) is 0 Å². The molecule has 0 spiro atoms. The summed E-state index contributed by atoms with van der Waals surface area (Å²) >= 11 is 0. The second-order valence-corrected chi connectivity index (χ2v) is 7.46. The smallest absolute Gasteiger partial charge is 0.308 e. The summed E-state index contributed by atoms with van der Waals surface area (Å²) in [4.78, 5) is 11.9. The van der Waals surface area contributed by atoms with E-state index in [1.807, 2.05) is 0 Å². The maximum Gasteiger partial charge on any atom is 0.308 e. The van der Waals surface area contributed by atoms with Crippen LogP contribution >= 0.6 is 0 Å². The highest BCUT2D eigenvalue weighted by Crippen LogP contribution is 2.28. The number of nitrogens with zero attached hydrogens (tertiary/aromatic N) is 1. The van der Waals surface area contributed by atoms with Crippen molar-refractivity contribution in [1.82, 2.24) is 0 Å². The molecule has 0 aliphatic carbocycles. The van der Waals surface area contributed by atoms with E-state index in [0.29, 0.717) is 6.42 Å². The monoisotopic (exact) mass is 361 g/mol. The molecule has 146 valence electrons. The first-order valence-corrected chi connectivity index (χ1v) is 8.66. The fourth-order valence-electron chi connectivity index (χ4n) is 3.25. The fraction of sp³-hybridized carbons (Fsp3) is 0.882. The van der Waals surface area contributed by atoms with Gasteiger partial charge in [-0.1, -0.05) is 25.9 Å². The number of carbonyl (C=O) groups is 1. The number of ether oxygens (including phenoxy) is 1. The third kappa shape index (κ3) is 5.64. The van der Waals surface area contributed by atoms with E-state index in [9.17, 15) is 30.4 Å². The molecule has 0 aromatic rings. The molecule has 5 N–H and O–H groups in total. The van der Waals surface area contributed by atoms with Crippen molar-refractivity contribution in [3.63, 3.8) is 0 Å². The minimum absolute atomic E-state index is 0.0968. The van der Waals surface area contributed by atoms with Crippen LogP contribution in [0.3, 0.4) is 0 Å². The van der Waals surface area contributed by atoms with Crippen molar-refractivity contribution in [2.45, 2.75) is 70.9 Å². The SMILES string of the molecule is CC1CC[C@@H](O)C(C)(O)C[C@@H](C)/C(=N\O)[C@H](C)[C@@H](O)C(O)COC1=O. The number of hydrogen-bond acceptors (Lipinski definition) is 8. The fourth-order valence-corrected chi connectivity index (χ4v) is 3.25. The lowest BCUT2D eigenvalue weighted by Gasteiger charge is -2.34. The number of aliphatic hydroxyl groups excluding tert-OH is 3. The second kappa shape index (κ2) is 8.93. The Hall–Kier alpha value is -1.22. The third-order valence-electron chi connectivity index (χ3n) is 5.10. The van der Waals surface area contributed by atoms with E-state index in [1.165, 1.54) is 6.92 Å². The summed E-state index contributed by atoms with van der Waals surface area (Å²) in [5, 5.41) is 53.7. The van der Waals surface area contributed by atoms with Crippen LogP contribution in [0, 0.1) is 17.8 Å². The Morgan fingerprint density at radius 3 is 2.28 bits per heavy atom. The molecule has 3 unspecified atom stereocenters. The highest BCUT2D eigenvalue weighted by atomic mass is 16.5. The molecule has 7 atom stereocenters. The Labute approximate surface area is 148 Å². The molecule has 8 nitrogen and oxygen atoms in total. The molecule has 1 fully saturated rings. The number of carbonyl (C=O) groups excluding carboxylic acids is 1. The summed E-state index contributed by atoms with van der Waals surface area (Å²) in [6, 6.07) is 0. The Balaban J connectivity index is 3.09. The Morgan fingerprint density at radius 2 is 1.72 bits per heavy atom. The van der Waals surface area contributed by atoms with Crippen LogP contribution in [-0.2, 0) is 9.53 Å². The number of cyclic esters (lactones) is 1. The van der Waals surface area contributed by atoms with E-state index in [4.69, 9.17) is 4.74 Å². The van der Waals surface area contributed by atoms with E-state index < -0.39 is 47.6 Å². The third-order valence-corrected chi connectivity index (χ3v) is 5.10. The lowest BCUT2D eigenvalue weighted by atomic mass is 9.79. The van der Waals surface area contributed by atoms with Crippen molar-refractivity contribution < 1.29 is 35.2 Å². The number of oxime groups is 1. The quantitative estimate of drug-likeness (QED) is 0.237. The topological polar surface area (TPSA) is 140 Å². The molecule has 1 heterocycles. The van der Waals surface area contributed by atoms with Crippen molar-refractivity contribution in [2.24, 2.45) is 22.9 Å². The standard InChI is InChI=1S/C17H31NO7/c1-9-5-6-13(20)17(4,23)7-10(2)14(18-24)11(3)15(21)12(19)8-25-16(9)22/h9-13,15,19-21,23-24H,5-8H2,1-4H3/b18-14+/t9?,10-,11+,12?,13-,15-,17?/m1/s1. The molecule has 1 rings (SSSR count). The van der Waals surface area contributed by atoms with E-state index in [2.05, 4.69) is 5.16 Å². The van der Waals surface area contributed by atoms with Crippen LogP contribution in [0.15, 0.2) is 5.16 Å². The summed E-state index contributed by atoms with van der Waals surface area (Å²) in [7, 11) is 0. The molecule has 0 saturated carbocycles. The largest absolute Gasteiger partial charge is 0.463 e. The van der Waals surface area contributed by atoms with Crippen LogP contribution in [0.4, 0.5) is 0 Å². The normalized spacial score (nSPS) is 44.2. The average Bonchev–Trinajstić information content (AvgIpc) is 2.55. The van der Waals surface area contributed by atoms with Gasteiger partial charge in [0.1, 0.15) is 12.7 Å². The van der Waals surface area contributed by atoms with Crippen LogP contribution in [0.5, 0.6) is 0 Å².